The number of rotatable bonds is 15. The molecular weight excluding hydrogens is 910 g/mol. The second-order valence-corrected chi connectivity index (χ2v) is 19.0. The van der Waals surface area contributed by atoms with Gasteiger partial charge in [-0.05, 0) is 87.2 Å². The lowest BCUT2D eigenvalue weighted by Gasteiger charge is -2.25. The van der Waals surface area contributed by atoms with Crippen LogP contribution in [0.4, 0.5) is 0 Å². The molecule has 6 aromatic rings. The number of carbonyl (C=O) groups is 4. The number of carbonyl (C=O) groups excluding carboxylic acids is 4. The second-order valence-electron chi connectivity index (χ2n) is 16.5. The Labute approximate surface area is 401 Å². The van der Waals surface area contributed by atoms with Gasteiger partial charge < -0.3 is 30.7 Å². The van der Waals surface area contributed by atoms with Gasteiger partial charge in [0.25, 0.3) is 0 Å². The lowest BCUT2D eigenvalue weighted by atomic mass is 9.99. The molecule has 0 aliphatic carbocycles. The highest BCUT2D eigenvalue weighted by Gasteiger charge is 2.39. The number of nitrogens with one attached hydrogen (secondary N) is 3. The number of β-amino-alcohol motifs (C(OH)–C–C–N with tert-alkyl or cyclic N) is 1. The first-order valence-corrected chi connectivity index (χ1v) is 23.9. The second kappa shape index (κ2) is 20.5. The molecule has 0 bridgehead atoms. The lowest BCUT2D eigenvalue weighted by Crippen LogP contribution is -2.49. The monoisotopic (exact) mass is 959 g/mol. The highest BCUT2D eigenvalue weighted by Crippen LogP contribution is 2.40. The van der Waals surface area contributed by atoms with Gasteiger partial charge in [-0.25, -0.2) is 4.98 Å². The SMILES string of the molecule is Cc1ncsc1-c1ccc([C@H](C)NC(=O)[C@@H]2C[C@@H](O)CN2C(=O)CNC(=O)/C=C/c2cccc(OCCNC(=O)C[C@@H]3N=C(c4ccc(Cl)cc4)c4c(sc(C)c4C)-n4c(C)nnc43)c2)cc1. The summed E-state index contributed by atoms with van der Waals surface area (Å²) in [6.45, 7) is 9.91. The van der Waals surface area contributed by atoms with Crippen molar-refractivity contribution in [2.24, 2.45) is 4.99 Å². The summed E-state index contributed by atoms with van der Waals surface area (Å²) in [6, 6.07) is 20.7. The van der Waals surface area contributed by atoms with Gasteiger partial charge in [-0.15, -0.1) is 32.9 Å². The summed E-state index contributed by atoms with van der Waals surface area (Å²) in [7, 11) is 0. The maximum atomic E-state index is 13.4. The number of thiophene rings is 1. The number of benzene rings is 3. The number of aliphatic imine (C=N–C) groups is 1. The maximum absolute atomic E-state index is 13.4. The molecule has 8 rings (SSSR count). The molecule has 4 atom stereocenters. The Morgan fingerprint density at radius 2 is 1.75 bits per heavy atom. The van der Waals surface area contributed by atoms with Crippen LogP contribution >= 0.6 is 34.3 Å². The standard InChI is InChI=1S/C49H50ClN9O6S2/c1-27-30(4)67-49-44(27)45(34-14-16-36(50)17-15-34)55-39(47-57-56-31(5)59(47)49)23-42(62)51-19-20-65-38-8-6-7-32(21-38)9-18-41(61)52-24-43(63)58-25-37(60)22-40(58)48(64)54-28(2)33-10-12-35(13-11-33)46-29(3)53-26-66-46/h6-18,21,26,28,37,39-40,60H,19-20,22-25H2,1-5H3,(H,51,62)(H,52,61)(H,54,64)/b18-9+/t28-,37+,39-,40-/m0/s1. The summed E-state index contributed by atoms with van der Waals surface area (Å²) in [5.41, 5.74) is 9.12. The number of likely N-dealkylation sites (tertiary alicyclic amines) is 1. The van der Waals surface area contributed by atoms with Crippen LogP contribution in [-0.4, -0.2) is 97.5 Å². The number of aliphatic hydroxyl groups is 1. The van der Waals surface area contributed by atoms with Crippen LogP contribution in [0.2, 0.25) is 5.02 Å². The highest BCUT2D eigenvalue weighted by atomic mass is 35.5. The fourth-order valence-corrected chi connectivity index (χ4v) is 10.3. The smallest absolute Gasteiger partial charge is 0.244 e. The molecule has 0 unspecified atom stereocenters. The van der Waals surface area contributed by atoms with Crippen LogP contribution in [-0.2, 0) is 19.2 Å². The molecule has 3 aromatic carbocycles. The summed E-state index contributed by atoms with van der Waals surface area (Å²) < 4.78 is 7.95. The van der Waals surface area contributed by atoms with E-state index in [1.165, 1.54) is 11.0 Å². The van der Waals surface area contributed by atoms with Gasteiger partial charge in [0.2, 0.25) is 23.6 Å². The number of hydrogen-bond acceptors (Lipinski definition) is 12. The van der Waals surface area contributed by atoms with Crippen LogP contribution in [0.1, 0.15) is 81.9 Å². The van der Waals surface area contributed by atoms with Gasteiger partial charge in [-0.2, -0.15) is 0 Å². The third kappa shape index (κ3) is 10.7. The number of aromatic nitrogens is 4. The first-order chi connectivity index (χ1) is 32.2. The van der Waals surface area contributed by atoms with Gasteiger partial charge in [-0.3, -0.25) is 28.7 Å². The number of aliphatic hydroxyl groups excluding tert-OH is 1. The number of thiazole rings is 1. The van der Waals surface area contributed by atoms with Gasteiger partial charge in [0.15, 0.2) is 5.82 Å². The maximum Gasteiger partial charge on any atom is 0.244 e. The van der Waals surface area contributed by atoms with Crippen molar-refractivity contribution >= 4 is 69.7 Å². The highest BCUT2D eigenvalue weighted by molar-refractivity contribution is 7.15. The van der Waals surface area contributed by atoms with Crippen molar-refractivity contribution in [3.63, 3.8) is 0 Å². The van der Waals surface area contributed by atoms with Crippen LogP contribution < -0.4 is 20.7 Å². The van der Waals surface area contributed by atoms with Crippen LogP contribution in [0.15, 0.2) is 89.4 Å². The van der Waals surface area contributed by atoms with E-state index in [-0.39, 0.29) is 56.9 Å². The Hall–Kier alpha value is -6.53. The molecule has 4 N–H and O–H groups in total. The van der Waals surface area contributed by atoms with E-state index in [2.05, 4.69) is 45.0 Å². The molecule has 0 spiro atoms. The fourth-order valence-electron chi connectivity index (χ4n) is 8.18. The summed E-state index contributed by atoms with van der Waals surface area (Å²) >= 11 is 9.45. The van der Waals surface area contributed by atoms with E-state index in [4.69, 9.17) is 21.3 Å². The van der Waals surface area contributed by atoms with Crippen molar-refractivity contribution < 1.29 is 29.0 Å². The van der Waals surface area contributed by atoms with E-state index in [1.54, 1.807) is 53.0 Å². The van der Waals surface area contributed by atoms with E-state index >= 15 is 0 Å². The van der Waals surface area contributed by atoms with Gasteiger partial charge in [0, 0.05) is 40.1 Å². The zero-order chi connectivity index (χ0) is 47.4. The van der Waals surface area contributed by atoms with Crippen molar-refractivity contribution in [3.05, 3.63) is 139 Å². The Balaban J connectivity index is 0.808. The number of halogens is 1. The Bertz CT molecular complexity index is 2870. The molecule has 5 heterocycles. The number of ether oxygens (including phenoxy) is 1. The van der Waals surface area contributed by atoms with Gasteiger partial charge in [0.1, 0.15) is 35.3 Å². The first kappa shape index (κ1) is 47.0. The third-order valence-electron chi connectivity index (χ3n) is 11.8. The molecule has 3 aromatic heterocycles. The topological polar surface area (TPSA) is 193 Å². The molecule has 0 radical (unpaired) electrons. The van der Waals surface area contributed by atoms with E-state index in [1.807, 2.05) is 79.4 Å². The summed E-state index contributed by atoms with van der Waals surface area (Å²) in [5.74, 6) is 0.223. The number of fused-ring (bicyclic) bond motifs is 3. The van der Waals surface area contributed by atoms with E-state index in [9.17, 15) is 24.3 Å². The minimum absolute atomic E-state index is 0.0168. The number of amides is 4. The molecule has 15 nitrogen and oxygen atoms in total. The molecule has 4 amide bonds. The van der Waals surface area contributed by atoms with E-state index in [0.29, 0.717) is 28.0 Å². The molecule has 1 saturated heterocycles. The minimum atomic E-state index is -0.881. The van der Waals surface area contributed by atoms with Crippen LogP contribution in [0.5, 0.6) is 5.75 Å². The molecule has 0 saturated carbocycles. The predicted octanol–water partition coefficient (Wildman–Crippen LogP) is 6.79. The molecule has 2 aliphatic rings. The summed E-state index contributed by atoms with van der Waals surface area (Å²) in [5, 5.41) is 29.4. The van der Waals surface area contributed by atoms with E-state index < -0.39 is 30.0 Å². The van der Waals surface area contributed by atoms with Gasteiger partial charge >= 0.3 is 0 Å². The van der Waals surface area contributed by atoms with Crippen molar-refractivity contribution in [2.45, 2.75) is 71.7 Å². The quantitative estimate of drug-likeness (QED) is 0.0634. The molecule has 2 aliphatic heterocycles. The average Bonchev–Trinajstić information content (AvgIpc) is 4.09. The van der Waals surface area contributed by atoms with Crippen molar-refractivity contribution in [3.8, 4) is 21.2 Å². The molecule has 67 heavy (non-hydrogen) atoms. The Morgan fingerprint density at radius 3 is 2.49 bits per heavy atom. The third-order valence-corrected chi connectivity index (χ3v) is 14.2. The first-order valence-electron chi connectivity index (χ1n) is 21.8. The van der Waals surface area contributed by atoms with Crippen LogP contribution in [0.25, 0.3) is 21.5 Å². The van der Waals surface area contributed by atoms with Crippen LogP contribution in [0.3, 0.4) is 0 Å². The Kier molecular flexibility index (Phi) is 14.4. The van der Waals surface area contributed by atoms with Gasteiger partial charge in [0.05, 0.1) is 53.4 Å². The zero-order valence-electron chi connectivity index (χ0n) is 37.6. The number of aryl methyl sites for hydroxylation is 3. The van der Waals surface area contributed by atoms with E-state index in [0.717, 1.165) is 54.0 Å². The summed E-state index contributed by atoms with van der Waals surface area (Å²) in [4.78, 5) is 65.9. The summed E-state index contributed by atoms with van der Waals surface area (Å²) in [6.07, 6.45) is 2.15. The normalized spacial score (nSPS) is 17.0. The van der Waals surface area contributed by atoms with Crippen LogP contribution in [0, 0.1) is 27.7 Å². The molecule has 1 fully saturated rings. The van der Waals surface area contributed by atoms with Gasteiger partial charge in [-0.1, -0.05) is 60.1 Å². The van der Waals surface area contributed by atoms with Crippen molar-refractivity contribution in [1.82, 2.24) is 40.6 Å². The fraction of sp³-hybridized carbons (Fsp3) is 0.306. The minimum Gasteiger partial charge on any atom is -0.492 e. The largest absolute Gasteiger partial charge is 0.492 e. The lowest BCUT2D eigenvalue weighted by molar-refractivity contribution is -0.138. The van der Waals surface area contributed by atoms with Crippen molar-refractivity contribution in [1.29, 1.82) is 0 Å². The van der Waals surface area contributed by atoms with Crippen molar-refractivity contribution in [2.75, 3.05) is 26.2 Å². The number of nitrogens with zero attached hydrogens (tertiary/aromatic N) is 6. The Morgan fingerprint density at radius 1 is 0.985 bits per heavy atom. The zero-order valence-corrected chi connectivity index (χ0v) is 40.0. The predicted molar refractivity (Wildman–Crippen MR) is 260 cm³/mol. The molecule has 18 heteroatoms. The average molecular weight is 961 g/mol. The molecular formula is C49H50ClN9O6S2. The molecule has 346 valence electrons. The number of hydrogen-bond donors (Lipinski definition) is 4.